The molecule has 0 heterocycles. The average molecular weight is 256 g/mol. The van der Waals surface area contributed by atoms with Crippen LogP contribution in [0.25, 0.3) is 0 Å². The molecule has 2 amide bonds. The first-order valence-corrected chi connectivity index (χ1v) is 7.05. The van der Waals surface area contributed by atoms with E-state index >= 15 is 0 Å². The quantitative estimate of drug-likeness (QED) is 0.439. The minimum absolute atomic E-state index is 0.465. The van der Waals surface area contributed by atoms with E-state index in [0.717, 1.165) is 19.3 Å². The number of nitrogens with two attached hydrogens (primary N) is 2. The minimum atomic E-state index is -1.18. The standard InChI is InChI=1S/C14H28N2O2/c1-3-4-5-6-7-8-9-10-11-14(2,12(15)17)13(16)18/h3-11H2,1-2H3,(H2,15,17)(H2,16,18). The lowest BCUT2D eigenvalue weighted by atomic mass is 9.83. The molecule has 0 spiro atoms. The third kappa shape index (κ3) is 6.03. The molecule has 4 nitrogen and oxygen atoms in total. The molecule has 4 heteroatoms. The highest BCUT2D eigenvalue weighted by molar-refractivity contribution is 6.03. The Labute approximate surface area is 110 Å². The van der Waals surface area contributed by atoms with Crippen LogP contribution in [0.4, 0.5) is 0 Å². The third-order valence-electron chi connectivity index (χ3n) is 3.62. The highest BCUT2D eigenvalue weighted by Gasteiger charge is 2.36. The lowest BCUT2D eigenvalue weighted by Crippen LogP contribution is -2.45. The first-order valence-electron chi connectivity index (χ1n) is 7.05. The van der Waals surface area contributed by atoms with Crippen molar-refractivity contribution in [3.63, 3.8) is 0 Å². The number of amides is 2. The molecule has 0 saturated heterocycles. The van der Waals surface area contributed by atoms with E-state index in [1.165, 1.54) is 32.1 Å². The SMILES string of the molecule is CCCCCCCCCCC(C)(C(N)=O)C(N)=O. The van der Waals surface area contributed by atoms with Crippen LogP contribution in [0.1, 0.15) is 71.6 Å². The van der Waals surface area contributed by atoms with Gasteiger partial charge in [0.1, 0.15) is 5.41 Å². The molecular formula is C14H28N2O2. The maximum atomic E-state index is 11.2. The highest BCUT2D eigenvalue weighted by Crippen LogP contribution is 2.24. The van der Waals surface area contributed by atoms with Crippen molar-refractivity contribution in [3.8, 4) is 0 Å². The summed E-state index contributed by atoms with van der Waals surface area (Å²) in [5.74, 6) is -1.23. The van der Waals surface area contributed by atoms with E-state index in [1.54, 1.807) is 6.92 Å². The van der Waals surface area contributed by atoms with Gasteiger partial charge in [-0.1, -0.05) is 58.3 Å². The normalized spacial score (nSPS) is 11.4. The van der Waals surface area contributed by atoms with Crippen LogP contribution in [0.5, 0.6) is 0 Å². The Kier molecular flexibility index (Phi) is 8.42. The number of rotatable bonds is 11. The van der Waals surface area contributed by atoms with Crippen LogP contribution in [-0.4, -0.2) is 11.8 Å². The Bertz CT molecular complexity index is 251. The summed E-state index contributed by atoms with van der Waals surface area (Å²) >= 11 is 0. The van der Waals surface area contributed by atoms with Gasteiger partial charge in [-0.15, -0.1) is 0 Å². The van der Waals surface area contributed by atoms with E-state index in [9.17, 15) is 9.59 Å². The lowest BCUT2D eigenvalue weighted by molar-refractivity contribution is -0.139. The second-order valence-corrected chi connectivity index (χ2v) is 5.29. The van der Waals surface area contributed by atoms with Gasteiger partial charge in [0.25, 0.3) is 0 Å². The Morgan fingerprint density at radius 3 is 1.61 bits per heavy atom. The van der Waals surface area contributed by atoms with E-state index in [-0.39, 0.29) is 0 Å². The highest BCUT2D eigenvalue weighted by atomic mass is 16.2. The Morgan fingerprint density at radius 2 is 1.22 bits per heavy atom. The molecule has 0 unspecified atom stereocenters. The van der Waals surface area contributed by atoms with Gasteiger partial charge in [0.05, 0.1) is 0 Å². The van der Waals surface area contributed by atoms with Gasteiger partial charge in [-0.25, -0.2) is 0 Å². The van der Waals surface area contributed by atoms with Gasteiger partial charge >= 0.3 is 0 Å². The Balaban J connectivity index is 3.70. The van der Waals surface area contributed by atoms with Gasteiger partial charge in [0, 0.05) is 0 Å². The van der Waals surface area contributed by atoms with E-state index < -0.39 is 17.2 Å². The molecule has 4 N–H and O–H groups in total. The predicted molar refractivity (Wildman–Crippen MR) is 73.7 cm³/mol. The molecule has 18 heavy (non-hydrogen) atoms. The maximum Gasteiger partial charge on any atom is 0.232 e. The number of unbranched alkanes of at least 4 members (excludes halogenated alkanes) is 7. The van der Waals surface area contributed by atoms with E-state index in [0.29, 0.717) is 6.42 Å². The van der Waals surface area contributed by atoms with Crippen molar-refractivity contribution in [2.75, 3.05) is 0 Å². The molecule has 0 aliphatic heterocycles. The van der Waals surface area contributed by atoms with Gasteiger partial charge in [-0.3, -0.25) is 9.59 Å². The fourth-order valence-electron chi connectivity index (χ4n) is 1.98. The smallest absolute Gasteiger partial charge is 0.232 e. The summed E-state index contributed by atoms with van der Waals surface area (Å²) in [6.45, 7) is 3.74. The first kappa shape index (κ1) is 16.9. The van der Waals surface area contributed by atoms with Crippen molar-refractivity contribution >= 4 is 11.8 Å². The second-order valence-electron chi connectivity index (χ2n) is 5.29. The van der Waals surface area contributed by atoms with Crippen LogP contribution in [-0.2, 0) is 9.59 Å². The van der Waals surface area contributed by atoms with E-state index in [2.05, 4.69) is 6.92 Å². The number of carbonyl (C=O) groups is 2. The van der Waals surface area contributed by atoms with Crippen molar-refractivity contribution in [2.45, 2.75) is 71.6 Å². The molecule has 0 radical (unpaired) electrons. The molecule has 0 fully saturated rings. The Hall–Kier alpha value is -1.06. The largest absolute Gasteiger partial charge is 0.369 e. The predicted octanol–water partition coefficient (Wildman–Crippen LogP) is 2.49. The molecular weight excluding hydrogens is 228 g/mol. The van der Waals surface area contributed by atoms with Gasteiger partial charge in [0.15, 0.2) is 0 Å². The molecule has 0 aromatic carbocycles. The molecule has 0 saturated carbocycles. The molecule has 0 aromatic rings. The summed E-state index contributed by atoms with van der Waals surface area (Å²) < 4.78 is 0. The van der Waals surface area contributed by atoms with Crippen LogP contribution in [0.3, 0.4) is 0 Å². The third-order valence-corrected chi connectivity index (χ3v) is 3.62. The number of hydrogen-bond donors (Lipinski definition) is 2. The molecule has 0 aliphatic carbocycles. The van der Waals surface area contributed by atoms with Crippen molar-refractivity contribution in [1.29, 1.82) is 0 Å². The van der Waals surface area contributed by atoms with Gasteiger partial charge < -0.3 is 11.5 Å². The zero-order valence-corrected chi connectivity index (χ0v) is 11.8. The summed E-state index contributed by atoms with van der Waals surface area (Å²) in [4.78, 5) is 22.4. The number of hydrogen-bond acceptors (Lipinski definition) is 2. The topological polar surface area (TPSA) is 86.2 Å². The molecule has 0 aliphatic rings. The van der Waals surface area contributed by atoms with Crippen molar-refractivity contribution < 1.29 is 9.59 Å². The zero-order chi connectivity index (χ0) is 14.0. The summed E-state index contributed by atoms with van der Waals surface area (Å²) in [7, 11) is 0. The van der Waals surface area contributed by atoms with Crippen LogP contribution < -0.4 is 11.5 Å². The van der Waals surface area contributed by atoms with Gasteiger partial charge in [-0.2, -0.15) is 0 Å². The maximum absolute atomic E-state index is 11.2. The molecule has 0 bridgehead atoms. The van der Waals surface area contributed by atoms with E-state index in [4.69, 9.17) is 11.5 Å². The molecule has 0 atom stereocenters. The molecule has 0 aromatic heterocycles. The first-order chi connectivity index (χ1) is 8.45. The van der Waals surface area contributed by atoms with E-state index in [1.807, 2.05) is 0 Å². The fourth-order valence-corrected chi connectivity index (χ4v) is 1.98. The lowest BCUT2D eigenvalue weighted by Gasteiger charge is -2.21. The van der Waals surface area contributed by atoms with Crippen LogP contribution in [0, 0.1) is 5.41 Å². The second kappa shape index (κ2) is 8.95. The average Bonchev–Trinajstić information content (AvgIpc) is 2.31. The molecule has 106 valence electrons. The Morgan fingerprint density at radius 1 is 0.833 bits per heavy atom. The zero-order valence-electron chi connectivity index (χ0n) is 11.8. The summed E-state index contributed by atoms with van der Waals surface area (Å²) in [5.41, 5.74) is 9.28. The van der Waals surface area contributed by atoms with Gasteiger partial charge in [-0.05, 0) is 13.3 Å². The fraction of sp³-hybridized carbons (Fsp3) is 0.857. The summed E-state index contributed by atoms with van der Waals surface area (Å²) in [5, 5.41) is 0. The number of primary amides is 2. The molecule has 0 rings (SSSR count). The van der Waals surface area contributed by atoms with Crippen LogP contribution in [0.2, 0.25) is 0 Å². The van der Waals surface area contributed by atoms with Gasteiger partial charge in [0.2, 0.25) is 11.8 Å². The van der Waals surface area contributed by atoms with Crippen molar-refractivity contribution in [3.05, 3.63) is 0 Å². The monoisotopic (exact) mass is 256 g/mol. The van der Waals surface area contributed by atoms with Crippen molar-refractivity contribution in [1.82, 2.24) is 0 Å². The number of carbonyl (C=O) groups excluding carboxylic acids is 2. The minimum Gasteiger partial charge on any atom is -0.369 e. The van der Waals surface area contributed by atoms with Crippen LogP contribution >= 0.6 is 0 Å². The van der Waals surface area contributed by atoms with Crippen molar-refractivity contribution in [2.24, 2.45) is 16.9 Å². The van der Waals surface area contributed by atoms with Crippen LogP contribution in [0.15, 0.2) is 0 Å². The summed E-state index contributed by atoms with van der Waals surface area (Å²) in [6, 6.07) is 0. The summed E-state index contributed by atoms with van der Waals surface area (Å²) in [6.07, 6.45) is 9.84.